The molecule has 0 amide bonds. The first-order chi connectivity index (χ1) is 13.1. The van der Waals surface area contributed by atoms with Gasteiger partial charge in [0.25, 0.3) is 0 Å². The molecular weight excluding hydrogens is 332 g/mol. The van der Waals surface area contributed by atoms with Gasteiger partial charge in [0.05, 0.1) is 14.2 Å². The fourth-order valence-electron chi connectivity index (χ4n) is 3.40. The van der Waals surface area contributed by atoms with Crippen LogP contribution in [-0.2, 0) is 6.42 Å². The van der Waals surface area contributed by atoms with Gasteiger partial charge in [-0.25, -0.2) is 0 Å². The van der Waals surface area contributed by atoms with Gasteiger partial charge in [-0.15, -0.1) is 0 Å². The Kier molecular flexibility index (Phi) is 6.18. The van der Waals surface area contributed by atoms with Gasteiger partial charge >= 0.3 is 0 Å². The number of benzene rings is 3. The lowest BCUT2D eigenvalue weighted by Gasteiger charge is -2.20. The van der Waals surface area contributed by atoms with E-state index in [9.17, 15) is 0 Å². The molecule has 0 saturated heterocycles. The molecule has 0 aliphatic heterocycles. The summed E-state index contributed by atoms with van der Waals surface area (Å²) in [4.78, 5) is 0. The lowest BCUT2D eigenvalue weighted by Crippen LogP contribution is -2.06. The van der Waals surface area contributed by atoms with E-state index in [1.165, 1.54) is 22.3 Å². The highest BCUT2D eigenvalue weighted by Gasteiger charge is 2.16. The highest BCUT2D eigenvalue weighted by molar-refractivity contribution is 5.41. The summed E-state index contributed by atoms with van der Waals surface area (Å²) >= 11 is 0. The third-order valence-corrected chi connectivity index (χ3v) is 5.10. The van der Waals surface area contributed by atoms with Crippen LogP contribution in [0.15, 0.2) is 72.8 Å². The van der Waals surface area contributed by atoms with Crippen molar-refractivity contribution in [3.63, 3.8) is 0 Å². The second kappa shape index (κ2) is 8.77. The van der Waals surface area contributed by atoms with Crippen molar-refractivity contribution in [2.24, 2.45) is 0 Å². The molecule has 1 unspecified atom stereocenters. The molecule has 2 heteroatoms. The Morgan fingerprint density at radius 3 is 1.89 bits per heavy atom. The van der Waals surface area contributed by atoms with E-state index in [1.807, 2.05) is 18.2 Å². The monoisotopic (exact) mass is 360 g/mol. The summed E-state index contributed by atoms with van der Waals surface area (Å²) in [6.45, 7) is 4.46. The standard InChI is InChI=1S/C25H28O2/c1-18(2)20-10-8-19(9-11-20)16-25(21-12-14-23(26-3)15-13-21)22-6-5-7-24(17-22)27-4/h5-15,17-18,25H,16H2,1-4H3. The maximum absolute atomic E-state index is 5.45. The first kappa shape index (κ1) is 19.0. The van der Waals surface area contributed by atoms with Gasteiger partial charge < -0.3 is 9.47 Å². The van der Waals surface area contributed by atoms with Crippen molar-refractivity contribution in [2.75, 3.05) is 14.2 Å². The summed E-state index contributed by atoms with van der Waals surface area (Å²) in [6.07, 6.45) is 0.942. The zero-order valence-electron chi connectivity index (χ0n) is 16.6. The number of methoxy groups -OCH3 is 2. The summed E-state index contributed by atoms with van der Waals surface area (Å²) in [6, 6.07) is 25.8. The molecule has 0 aliphatic rings. The summed E-state index contributed by atoms with van der Waals surface area (Å²) in [7, 11) is 3.41. The first-order valence-corrected chi connectivity index (χ1v) is 9.47. The average molecular weight is 360 g/mol. The van der Waals surface area contributed by atoms with Crippen molar-refractivity contribution in [1.29, 1.82) is 0 Å². The van der Waals surface area contributed by atoms with Gasteiger partial charge in [0.1, 0.15) is 11.5 Å². The molecule has 0 fully saturated rings. The van der Waals surface area contributed by atoms with Crippen LogP contribution in [0, 0.1) is 0 Å². The molecule has 2 nitrogen and oxygen atoms in total. The quantitative estimate of drug-likeness (QED) is 0.499. The normalized spacial score (nSPS) is 12.0. The van der Waals surface area contributed by atoms with E-state index in [1.54, 1.807) is 14.2 Å². The van der Waals surface area contributed by atoms with Crippen LogP contribution in [0.25, 0.3) is 0 Å². The predicted molar refractivity (Wildman–Crippen MR) is 112 cm³/mol. The molecule has 0 aliphatic carbocycles. The minimum Gasteiger partial charge on any atom is -0.497 e. The van der Waals surface area contributed by atoms with E-state index in [-0.39, 0.29) is 5.92 Å². The molecule has 3 aromatic carbocycles. The minimum atomic E-state index is 0.260. The summed E-state index contributed by atoms with van der Waals surface area (Å²) in [5, 5.41) is 0. The Bertz CT molecular complexity index is 848. The summed E-state index contributed by atoms with van der Waals surface area (Å²) < 4.78 is 10.8. The number of rotatable bonds is 7. The molecule has 3 aromatic rings. The lowest BCUT2D eigenvalue weighted by molar-refractivity contribution is 0.413. The van der Waals surface area contributed by atoms with E-state index < -0.39 is 0 Å². The molecule has 0 N–H and O–H groups in total. The van der Waals surface area contributed by atoms with Crippen molar-refractivity contribution >= 4 is 0 Å². The molecule has 27 heavy (non-hydrogen) atoms. The van der Waals surface area contributed by atoms with E-state index in [2.05, 4.69) is 68.4 Å². The highest BCUT2D eigenvalue weighted by Crippen LogP contribution is 2.32. The third kappa shape index (κ3) is 4.71. The summed E-state index contributed by atoms with van der Waals surface area (Å²) in [5.41, 5.74) is 5.24. The second-order valence-electron chi connectivity index (χ2n) is 7.20. The van der Waals surface area contributed by atoms with Crippen LogP contribution in [0.2, 0.25) is 0 Å². The molecule has 3 rings (SSSR count). The summed E-state index contributed by atoms with van der Waals surface area (Å²) in [5.74, 6) is 2.58. The maximum atomic E-state index is 5.45. The van der Waals surface area contributed by atoms with Crippen LogP contribution in [0.3, 0.4) is 0 Å². The smallest absolute Gasteiger partial charge is 0.119 e. The SMILES string of the molecule is COc1ccc(C(Cc2ccc(C(C)C)cc2)c2cccc(OC)c2)cc1. The van der Waals surface area contributed by atoms with Crippen LogP contribution in [0.5, 0.6) is 11.5 Å². The number of hydrogen-bond donors (Lipinski definition) is 0. The number of hydrogen-bond acceptors (Lipinski definition) is 2. The van der Waals surface area contributed by atoms with Gasteiger partial charge in [0.2, 0.25) is 0 Å². The van der Waals surface area contributed by atoms with E-state index in [0.29, 0.717) is 5.92 Å². The largest absolute Gasteiger partial charge is 0.497 e. The van der Waals surface area contributed by atoms with Crippen molar-refractivity contribution < 1.29 is 9.47 Å². The topological polar surface area (TPSA) is 18.5 Å². The average Bonchev–Trinajstić information content (AvgIpc) is 2.72. The molecule has 0 spiro atoms. The molecule has 0 saturated carbocycles. The fraction of sp³-hybridized carbons (Fsp3) is 0.280. The van der Waals surface area contributed by atoms with Gasteiger partial charge in [-0.05, 0) is 58.9 Å². The van der Waals surface area contributed by atoms with Gasteiger partial charge in [0.15, 0.2) is 0 Å². The third-order valence-electron chi connectivity index (χ3n) is 5.10. The Hall–Kier alpha value is -2.74. The Morgan fingerprint density at radius 1 is 0.667 bits per heavy atom. The van der Waals surface area contributed by atoms with Crippen molar-refractivity contribution in [3.8, 4) is 11.5 Å². The Balaban J connectivity index is 1.95. The van der Waals surface area contributed by atoms with Crippen LogP contribution < -0.4 is 9.47 Å². The molecule has 0 radical (unpaired) electrons. The molecule has 0 bridgehead atoms. The van der Waals surface area contributed by atoms with Crippen LogP contribution in [0.1, 0.15) is 47.9 Å². The Morgan fingerprint density at radius 2 is 1.30 bits per heavy atom. The molecule has 1 atom stereocenters. The zero-order chi connectivity index (χ0) is 19.2. The fourth-order valence-corrected chi connectivity index (χ4v) is 3.40. The predicted octanol–water partition coefficient (Wildman–Crippen LogP) is 6.20. The first-order valence-electron chi connectivity index (χ1n) is 9.47. The van der Waals surface area contributed by atoms with Gasteiger partial charge in [-0.3, -0.25) is 0 Å². The van der Waals surface area contributed by atoms with Crippen LogP contribution in [0.4, 0.5) is 0 Å². The second-order valence-corrected chi connectivity index (χ2v) is 7.20. The van der Waals surface area contributed by atoms with Crippen molar-refractivity contribution in [1.82, 2.24) is 0 Å². The minimum absolute atomic E-state index is 0.260. The van der Waals surface area contributed by atoms with E-state index in [4.69, 9.17) is 9.47 Å². The van der Waals surface area contributed by atoms with E-state index in [0.717, 1.165) is 17.9 Å². The van der Waals surface area contributed by atoms with Crippen molar-refractivity contribution in [2.45, 2.75) is 32.1 Å². The molecule has 0 aromatic heterocycles. The molecule has 0 heterocycles. The Labute approximate surface area is 162 Å². The zero-order valence-corrected chi connectivity index (χ0v) is 16.6. The van der Waals surface area contributed by atoms with Gasteiger partial charge in [-0.1, -0.05) is 62.4 Å². The van der Waals surface area contributed by atoms with E-state index >= 15 is 0 Å². The van der Waals surface area contributed by atoms with Crippen LogP contribution >= 0.6 is 0 Å². The van der Waals surface area contributed by atoms with Crippen LogP contribution in [-0.4, -0.2) is 14.2 Å². The highest BCUT2D eigenvalue weighted by atomic mass is 16.5. The lowest BCUT2D eigenvalue weighted by atomic mass is 9.85. The van der Waals surface area contributed by atoms with Gasteiger partial charge in [0, 0.05) is 5.92 Å². The molecular formula is C25H28O2. The number of ether oxygens (including phenoxy) is 2. The molecule has 140 valence electrons. The van der Waals surface area contributed by atoms with Gasteiger partial charge in [-0.2, -0.15) is 0 Å². The van der Waals surface area contributed by atoms with Crippen molar-refractivity contribution in [3.05, 3.63) is 95.1 Å². The maximum Gasteiger partial charge on any atom is 0.119 e.